The number of hydrogen-bond acceptors (Lipinski definition) is 6. The second-order valence-corrected chi connectivity index (χ2v) is 9.31. The topological polar surface area (TPSA) is 66.0 Å². The van der Waals surface area contributed by atoms with E-state index in [0.29, 0.717) is 17.2 Å². The first-order valence-electron chi connectivity index (χ1n) is 11.6. The molecule has 36 heavy (non-hydrogen) atoms. The summed E-state index contributed by atoms with van der Waals surface area (Å²) in [6, 6.07) is 13.7. The quantitative estimate of drug-likeness (QED) is 0.292. The molecule has 1 heterocycles. The van der Waals surface area contributed by atoms with Gasteiger partial charge in [-0.2, -0.15) is 0 Å². The standard InChI is InChI=1S/C29H30FNO5/c1-17-7-8-19(30)13-25(17)35-16-23-21(11-12-24-27(23)18(2)15-29(3,4)31-24)22-10-9-20(14-26(22)33-5)36-28(32)34-6/h7-15,31H,16H2,1-6H3. The molecule has 7 heteroatoms. The molecule has 0 spiro atoms. The van der Waals surface area contributed by atoms with Crippen molar-refractivity contribution in [3.8, 4) is 28.4 Å². The van der Waals surface area contributed by atoms with Gasteiger partial charge in [-0.1, -0.05) is 18.2 Å². The summed E-state index contributed by atoms with van der Waals surface area (Å²) in [5.74, 6) is 0.949. The number of allylic oxidation sites excluding steroid dienone is 1. The molecular formula is C29H30FNO5. The van der Waals surface area contributed by atoms with Crippen LogP contribution in [0.2, 0.25) is 0 Å². The smallest absolute Gasteiger partial charge is 0.496 e. The van der Waals surface area contributed by atoms with E-state index in [1.807, 2.05) is 25.1 Å². The summed E-state index contributed by atoms with van der Waals surface area (Å²) in [5, 5.41) is 3.58. The van der Waals surface area contributed by atoms with Crippen molar-refractivity contribution in [2.24, 2.45) is 0 Å². The maximum absolute atomic E-state index is 13.9. The fourth-order valence-electron chi connectivity index (χ4n) is 4.58. The number of ether oxygens (including phenoxy) is 4. The first-order chi connectivity index (χ1) is 17.1. The van der Waals surface area contributed by atoms with E-state index in [-0.39, 0.29) is 18.0 Å². The zero-order valence-corrected chi connectivity index (χ0v) is 21.3. The number of rotatable bonds is 6. The molecule has 0 saturated carbocycles. The maximum Gasteiger partial charge on any atom is 0.513 e. The van der Waals surface area contributed by atoms with Gasteiger partial charge in [-0.15, -0.1) is 0 Å². The van der Waals surface area contributed by atoms with E-state index in [2.05, 4.69) is 36.9 Å². The average Bonchev–Trinajstić information content (AvgIpc) is 2.83. The average molecular weight is 492 g/mol. The van der Waals surface area contributed by atoms with Gasteiger partial charge < -0.3 is 24.3 Å². The molecule has 4 rings (SSSR count). The van der Waals surface area contributed by atoms with Gasteiger partial charge >= 0.3 is 6.16 Å². The van der Waals surface area contributed by atoms with Crippen molar-refractivity contribution in [1.82, 2.24) is 0 Å². The Hall–Kier alpha value is -4.00. The second kappa shape index (κ2) is 9.93. The van der Waals surface area contributed by atoms with Crippen molar-refractivity contribution in [3.63, 3.8) is 0 Å². The van der Waals surface area contributed by atoms with Gasteiger partial charge in [-0.05, 0) is 68.7 Å². The summed E-state index contributed by atoms with van der Waals surface area (Å²) in [6.45, 7) is 8.39. The predicted octanol–water partition coefficient (Wildman–Crippen LogP) is 7.14. The van der Waals surface area contributed by atoms with Crippen LogP contribution in [0.25, 0.3) is 16.7 Å². The van der Waals surface area contributed by atoms with Crippen LogP contribution in [0.4, 0.5) is 14.9 Å². The number of methoxy groups -OCH3 is 2. The van der Waals surface area contributed by atoms with Crippen LogP contribution in [-0.4, -0.2) is 25.9 Å². The summed E-state index contributed by atoms with van der Waals surface area (Å²) in [4.78, 5) is 11.6. The van der Waals surface area contributed by atoms with Crippen molar-refractivity contribution < 1.29 is 28.1 Å². The Balaban J connectivity index is 1.84. The fourth-order valence-corrected chi connectivity index (χ4v) is 4.58. The van der Waals surface area contributed by atoms with Crippen molar-refractivity contribution in [2.45, 2.75) is 39.8 Å². The van der Waals surface area contributed by atoms with Gasteiger partial charge in [0.1, 0.15) is 29.7 Å². The molecule has 0 radical (unpaired) electrons. The van der Waals surface area contributed by atoms with Gasteiger partial charge in [0, 0.05) is 34.5 Å². The van der Waals surface area contributed by atoms with Crippen LogP contribution in [0.3, 0.4) is 0 Å². The van der Waals surface area contributed by atoms with Crippen LogP contribution >= 0.6 is 0 Å². The van der Waals surface area contributed by atoms with Gasteiger partial charge in [-0.3, -0.25) is 0 Å². The zero-order valence-electron chi connectivity index (χ0n) is 21.3. The lowest BCUT2D eigenvalue weighted by molar-refractivity contribution is 0.121. The fraction of sp³-hybridized carbons (Fsp3) is 0.276. The first-order valence-corrected chi connectivity index (χ1v) is 11.6. The van der Waals surface area contributed by atoms with Crippen LogP contribution in [-0.2, 0) is 11.3 Å². The third-order valence-corrected chi connectivity index (χ3v) is 6.09. The highest BCUT2D eigenvalue weighted by Crippen LogP contribution is 2.43. The Morgan fingerprint density at radius 2 is 1.72 bits per heavy atom. The van der Waals surface area contributed by atoms with Crippen molar-refractivity contribution in [1.29, 1.82) is 0 Å². The Labute approximate surface area is 210 Å². The van der Waals surface area contributed by atoms with Crippen molar-refractivity contribution in [3.05, 3.63) is 77.1 Å². The molecule has 0 unspecified atom stereocenters. The van der Waals surface area contributed by atoms with Gasteiger partial charge in [0.05, 0.1) is 19.8 Å². The van der Waals surface area contributed by atoms with Gasteiger partial charge in [0.2, 0.25) is 0 Å². The van der Waals surface area contributed by atoms with E-state index in [1.165, 1.54) is 19.2 Å². The first kappa shape index (κ1) is 25.1. The Bertz CT molecular complexity index is 1350. The third kappa shape index (κ3) is 5.15. The Morgan fingerprint density at radius 1 is 0.972 bits per heavy atom. The molecule has 0 fully saturated rings. The van der Waals surface area contributed by atoms with E-state index in [9.17, 15) is 9.18 Å². The van der Waals surface area contributed by atoms with Crippen LogP contribution in [0.5, 0.6) is 17.2 Å². The largest absolute Gasteiger partial charge is 0.513 e. The van der Waals surface area contributed by atoms with Crippen LogP contribution in [0.15, 0.2) is 54.6 Å². The third-order valence-electron chi connectivity index (χ3n) is 6.09. The molecule has 0 bridgehead atoms. The summed E-state index contributed by atoms with van der Waals surface area (Å²) >= 11 is 0. The second-order valence-electron chi connectivity index (χ2n) is 9.31. The highest BCUT2D eigenvalue weighted by Gasteiger charge is 2.27. The summed E-state index contributed by atoms with van der Waals surface area (Å²) in [7, 11) is 2.81. The Morgan fingerprint density at radius 3 is 2.44 bits per heavy atom. The van der Waals surface area contributed by atoms with E-state index < -0.39 is 6.16 Å². The zero-order chi connectivity index (χ0) is 26.0. The molecule has 0 saturated heterocycles. The molecule has 1 N–H and O–H groups in total. The molecule has 1 aliphatic heterocycles. The van der Waals surface area contributed by atoms with Gasteiger partial charge in [-0.25, -0.2) is 9.18 Å². The molecule has 3 aromatic rings. The number of carbonyl (C=O) groups excluding carboxylic acids is 1. The number of hydrogen-bond donors (Lipinski definition) is 1. The van der Waals surface area contributed by atoms with E-state index in [0.717, 1.165) is 39.1 Å². The molecule has 0 amide bonds. The van der Waals surface area contributed by atoms with Crippen molar-refractivity contribution in [2.75, 3.05) is 19.5 Å². The lowest BCUT2D eigenvalue weighted by Gasteiger charge is -2.33. The summed E-state index contributed by atoms with van der Waals surface area (Å²) in [6.07, 6.45) is 1.37. The summed E-state index contributed by atoms with van der Waals surface area (Å²) in [5.41, 5.74) is 6.36. The maximum atomic E-state index is 13.9. The lowest BCUT2D eigenvalue weighted by atomic mass is 9.85. The monoisotopic (exact) mass is 491 g/mol. The number of benzene rings is 3. The number of fused-ring (bicyclic) bond motifs is 1. The van der Waals surface area contributed by atoms with Gasteiger partial charge in [0.15, 0.2) is 0 Å². The number of anilines is 1. The minimum atomic E-state index is -0.812. The van der Waals surface area contributed by atoms with Crippen LogP contribution < -0.4 is 19.5 Å². The lowest BCUT2D eigenvalue weighted by Crippen LogP contribution is -2.32. The number of aryl methyl sites for hydroxylation is 1. The normalized spacial score (nSPS) is 13.7. The molecule has 1 aliphatic rings. The molecule has 0 aliphatic carbocycles. The van der Waals surface area contributed by atoms with Crippen LogP contribution in [0.1, 0.15) is 37.5 Å². The number of nitrogens with one attached hydrogen (secondary N) is 1. The molecular weight excluding hydrogens is 461 g/mol. The van der Waals surface area contributed by atoms with Gasteiger partial charge in [0.25, 0.3) is 0 Å². The highest BCUT2D eigenvalue weighted by atomic mass is 19.1. The van der Waals surface area contributed by atoms with Crippen molar-refractivity contribution >= 4 is 17.4 Å². The van der Waals surface area contributed by atoms with E-state index >= 15 is 0 Å². The Kier molecular flexibility index (Phi) is 6.93. The molecule has 188 valence electrons. The SMILES string of the molecule is COC(=O)Oc1ccc(-c2ccc3c(c2COc2cc(F)ccc2C)C(C)=CC(C)(C)N3)c(OC)c1. The van der Waals surface area contributed by atoms with E-state index in [4.69, 9.17) is 14.2 Å². The van der Waals surface area contributed by atoms with E-state index in [1.54, 1.807) is 25.3 Å². The summed E-state index contributed by atoms with van der Waals surface area (Å²) < 4.78 is 35.5. The minimum Gasteiger partial charge on any atom is -0.496 e. The molecule has 6 nitrogen and oxygen atoms in total. The minimum absolute atomic E-state index is 0.208. The molecule has 3 aromatic carbocycles. The number of halogens is 1. The number of carbonyl (C=O) groups is 1. The highest BCUT2D eigenvalue weighted by molar-refractivity contribution is 5.88. The van der Waals surface area contributed by atoms with Crippen LogP contribution in [0, 0.1) is 12.7 Å². The molecule has 0 atom stereocenters. The predicted molar refractivity (Wildman–Crippen MR) is 138 cm³/mol. The molecule has 0 aromatic heterocycles.